The van der Waals surface area contributed by atoms with Crippen LogP contribution in [0.25, 0.3) is 0 Å². The quantitative estimate of drug-likeness (QED) is 0.787. The molecule has 0 unspecified atom stereocenters. The molecule has 0 aliphatic carbocycles. The molecule has 1 N–H and O–H groups in total. The molecule has 0 saturated carbocycles. The van der Waals surface area contributed by atoms with Gasteiger partial charge in [-0.15, -0.1) is 0 Å². The minimum Gasteiger partial charge on any atom is -0.334 e. The van der Waals surface area contributed by atoms with Gasteiger partial charge in [-0.25, -0.2) is 4.98 Å². The predicted molar refractivity (Wildman–Crippen MR) is 64.5 cm³/mol. The lowest BCUT2D eigenvalue weighted by atomic mass is 10.0. The van der Waals surface area contributed by atoms with Crippen LogP contribution < -0.4 is 5.32 Å². The molecule has 3 heterocycles. The Balaban J connectivity index is 1.85. The molecule has 3 nitrogen and oxygen atoms in total. The average Bonchev–Trinajstić information content (AvgIpc) is 2.76. The predicted octanol–water partition coefficient (Wildman–Crippen LogP) is 2.60. The molecule has 1 aromatic rings. The van der Waals surface area contributed by atoms with Crippen molar-refractivity contribution >= 4 is 0 Å². The maximum atomic E-state index is 4.86. The highest BCUT2D eigenvalue weighted by molar-refractivity contribution is 5.13. The van der Waals surface area contributed by atoms with Gasteiger partial charge in [-0.2, -0.15) is 0 Å². The Morgan fingerprint density at radius 1 is 1.31 bits per heavy atom. The molecular formula is C13H21N3. The van der Waals surface area contributed by atoms with Crippen molar-refractivity contribution in [2.24, 2.45) is 0 Å². The highest BCUT2D eigenvalue weighted by atomic mass is 15.1. The van der Waals surface area contributed by atoms with E-state index in [-0.39, 0.29) is 0 Å². The fourth-order valence-corrected chi connectivity index (χ4v) is 2.99. The Morgan fingerprint density at radius 2 is 2.25 bits per heavy atom. The lowest BCUT2D eigenvalue weighted by molar-refractivity contribution is 0.405. The van der Waals surface area contributed by atoms with Gasteiger partial charge in [-0.3, -0.25) is 0 Å². The van der Waals surface area contributed by atoms with Crippen molar-refractivity contribution in [3.63, 3.8) is 0 Å². The molecule has 0 amide bonds. The van der Waals surface area contributed by atoms with Gasteiger partial charge in [0.2, 0.25) is 0 Å². The summed E-state index contributed by atoms with van der Waals surface area (Å²) in [4.78, 5) is 4.86. The zero-order valence-electron chi connectivity index (χ0n) is 10.1. The summed E-state index contributed by atoms with van der Waals surface area (Å²) >= 11 is 0. The molecule has 0 aromatic carbocycles. The van der Waals surface area contributed by atoms with Crippen LogP contribution in [-0.4, -0.2) is 16.1 Å². The summed E-state index contributed by atoms with van der Waals surface area (Å²) < 4.78 is 2.37. The smallest absolute Gasteiger partial charge is 0.111 e. The van der Waals surface area contributed by atoms with Crippen LogP contribution in [0.3, 0.4) is 0 Å². The van der Waals surface area contributed by atoms with Crippen LogP contribution >= 0.6 is 0 Å². The number of aromatic nitrogens is 2. The van der Waals surface area contributed by atoms with Crippen LogP contribution in [0.15, 0.2) is 6.20 Å². The van der Waals surface area contributed by atoms with Crippen LogP contribution in [-0.2, 0) is 6.54 Å². The fourth-order valence-electron chi connectivity index (χ4n) is 2.99. The number of nitrogens with zero attached hydrogens (tertiary/aromatic N) is 2. The van der Waals surface area contributed by atoms with Gasteiger partial charge in [0.05, 0.1) is 11.7 Å². The summed E-state index contributed by atoms with van der Waals surface area (Å²) in [7, 11) is 0. The van der Waals surface area contributed by atoms with Crippen molar-refractivity contribution in [1.29, 1.82) is 0 Å². The third-order valence-corrected chi connectivity index (χ3v) is 3.97. The van der Waals surface area contributed by atoms with Gasteiger partial charge < -0.3 is 9.88 Å². The van der Waals surface area contributed by atoms with Crippen LogP contribution in [0.4, 0.5) is 0 Å². The van der Waals surface area contributed by atoms with Crippen molar-refractivity contribution in [1.82, 2.24) is 14.9 Å². The van der Waals surface area contributed by atoms with Crippen molar-refractivity contribution in [2.75, 3.05) is 6.54 Å². The minimum atomic E-state index is 0.513. The SMILES string of the molecule is C[C@@H]1CCCn2cc([C@@H]3CCCCN3)nc21. The number of fused-ring (bicyclic) bond motifs is 1. The molecular weight excluding hydrogens is 198 g/mol. The average molecular weight is 219 g/mol. The minimum absolute atomic E-state index is 0.513. The van der Waals surface area contributed by atoms with Crippen molar-refractivity contribution < 1.29 is 0 Å². The largest absolute Gasteiger partial charge is 0.334 e. The number of hydrogen-bond acceptors (Lipinski definition) is 2. The molecule has 2 aliphatic heterocycles. The third kappa shape index (κ3) is 1.77. The molecule has 2 aliphatic rings. The monoisotopic (exact) mass is 219 g/mol. The van der Waals surface area contributed by atoms with Crippen molar-refractivity contribution in [3.8, 4) is 0 Å². The standard InChI is InChI=1S/C13H21N3/c1-10-5-4-8-16-9-12(15-13(10)16)11-6-2-3-7-14-11/h9-11,14H,2-8H2,1H3/t10-,11+/m1/s1. The molecule has 1 aromatic heterocycles. The number of nitrogens with one attached hydrogen (secondary N) is 1. The number of rotatable bonds is 1. The Kier molecular flexibility index (Phi) is 2.72. The van der Waals surface area contributed by atoms with Gasteiger partial charge in [0, 0.05) is 18.7 Å². The maximum Gasteiger partial charge on any atom is 0.111 e. The normalized spacial score (nSPS) is 30.1. The molecule has 0 spiro atoms. The van der Waals surface area contributed by atoms with Crippen molar-refractivity contribution in [2.45, 2.75) is 57.5 Å². The molecule has 1 fully saturated rings. The Morgan fingerprint density at radius 3 is 3.00 bits per heavy atom. The first-order valence-electron chi connectivity index (χ1n) is 6.65. The fraction of sp³-hybridized carbons (Fsp3) is 0.769. The molecule has 0 bridgehead atoms. The first kappa shape index (κ1) is 10.3. The highest BCUT2D eigenvalue weighted by Gasteiger charge is 2.23. The third-order valence-electron chi connectivity index (χ3n) is 3.97. The Hall–Kier alpha value is -0.830. The highest BCUT2D eigenvalue weighted by Crippen LogP contribution is 2.29. The van der Waals surface area contributed by atoms with Gasteiger partial charge in [0.25, 0.3) is 0 Å². The summed E-state index contributed by atoms with van der Waals surface area (Å²) in [5.74, 6) is 1.96. The van der Waals surface area contributed by atoms with E-state index in [1.807, 2.05) is 0 Å². The van der Waals surface area contributed by atoms with Crippen molar-refractivity contribution in [3.05, 3.63) is 17.7 Å². The summed E-state index contributed by atoms with van der Waals surface area (Å²) in [6, 6.07) is 0.513. The maximum absolute atomic E-state index is 4.86. The molecule has 1 saturated heterocycles. The van der Waals surface area contributed by atoms with Crippen LogP contribution in [0, 0.1) is 0 Å². The molecule has 88 valence electrons. The molecule has 16 heavy (non-hydrogen) atoms. The van der Waals surface area contributed by atoms with E-state index in [4.69, 9.17) is 4.98 Å². The second kappa shape index (κ2) is 4.21. The van der Waals surface area contributed by atoms with E-state index >= 15 is 0 Å². The zero-order valence-corrected chi connectivity index (χ0v) is 10.1. The first-order valence-corrected chi connectivity index (χ1v) is 6.65. The van der Waals surface area contributed by atoms with Gasteiger partial charge in [-0.1, -0.05) is 13.3 Å². The molecule has 3 heteroatoms. The second-order valence-corrected chi connectivity index (χ2v) is 5.26. The van der Waals surface area contributed by atoms with E-state index in [0.717, 1.165) is 6.54 Å². The number of aryl methyl sites for hydroxylation is 1. The van der Waals surface area contributed by atoms with E-state index in [1.54, 1.807) is 0 Å². The lowest BCUT2D eigenvalue weighted by Crippen LogP contribution is -2.27. The van der Waals surface area contributed by atoms with Gasteiger partial charge in [-0.05, 0) is 32.2 Å². The lowest BCUT2D eigenvalue weighted by Gasteiger charge is -2.21. The summed E-state index contributed by atoms with van der Waals surface area (Å²) in [6.45, 7) is 4.62. The Bertz CT molecular complexity index is 363. The molecule has 2 atom stereocenters. The van der Waals surface area contributed by atoms with Gasteiger partial charge >= 0.3 is 0 Å². The van der Waals surface area contributed by atoms with E-state index in [1.165, 1.54) is 50.2 Å². The Labute approximate surface area is 97.3 Å². The zero-order chi connectivity index (χ0) is 11.0. The van der Waals surface area contributed by atoms with E-state index in [9.17, 15) is 0 Å². The topological polar surface area (TPSA) is 29.9 Å². The van der Waals surface area contributed by atoms with Crippen LogP contribution in [0.5, 0.6) is 0 Å². The second-order valence-electron chi connectivity index (χ2n) is 5.26. The summed E-state index contributed by atoms with van der Waals surface area (Å²) in [5.41, 5.74) is 1.28. The van der Waals surface area contributed by atoms with E-state index in [0.29, 0.717) is 12.0 Å². The summed E-state index contributed by atoms with van der Waals surface area (Å²) in [6.07, 6.45) is 8.81. The molecule has 3 rings (SSSR count). The first-order chi connectivity index (χ1) is 7.84. The molecule has 0 radical (unpaired) electrons. The van der Waals surface area contributed by atoms with E-state index < -0.39 is 0 Å². The number of piperidine rings is 1. The van der Waals surface area contributed by atoms with E-state index in [2.05, 4.69) is 23.0 Å². The van der Waals surface area contributed by atoms with Crippen LogP contribution in [0.1, 0.15) is 62.5 Å². The van der Waals surface area contributed by atoms with Crippen LogP contribution in [0.2, 0.25) is 0 Å². The van der Waals surface area contributed by atoms with Gasteiger partial charge in [0.15, 0.2) is 0 Å². The summed E-state index contributed by atoms with van der Waals surface area (Å²) in [5, 5.41) is 3.58. The van der Waals surface area contributed by atoms with Gasteiger partial charge in [0.1, 0.15) is 5.82 Å². The number of hydrogen-bond donors (Lipinski definition) is 1. The number of imidazole rings is 1.